The zero-order chi connectivity index (χ0) is 34.3. The van der Waals surface area contributed by atoms with E-state index in [2.05, 4.69) is 15.3 Å². The molecule has 0 spiro atoms. The summed E-state index contributed by atoms with van der Waals surface area (Å²) in [5, 5.41) is 57.3. The molecule has 0 bridgehead atoms. The minimum Gasteiger partial charge on any atom is -0.394 e. The Morgan fingerprint density at radius 3 is 2.25 bits per heavy atom. The molecule has 11 heteroatoms. The van der Waals surface area contributed by atoms with E-state index >= 15 is 0 Å². The van der Waals surface area contributed by atoms with Crippen LogP contribution in [0.1, 0.15) is 60.7 Å². The lowest BCUT2D eigenvalue weighted by Crippen LogP contribution is -2.72. The van der Waals surface area contributed by atoms with Crippen molar-refractivity contribution in [3.05, 3.63) is 126 Å². The van der Waals surface area contributed by atoms with Gasteiger partial charge in [-0.3, -0.25) is 9.78 Å². The summed E-state index contributed by atoms with van der Waals surface area (Å²) in [6, 6.07) is 27.4. The van der Waals surface area contributed by atoms with Crippen molar-refractivity contribution in [2.24, 2.45) is 0 Å². The van der Waals surface area contributed by atoms with Crippen molar-refractivity contribution in [1.82, 2.24) is 9.97 Å². The molecule has 4 aromatic rings. The molecule has 2 aromatic carbocycles. The fourth-order valence-corrected chi connectivity index (χ4v) is 6.11. The Morgan fingerprint density at radius 1 is 0.917 bits per heavy atom. The molecular weight excluding hydrogens is 614 g/mol. The van der Waals surface area contributed by atoms with Crippen LogP contribution < -0.4 is 5.32 Å². The molecule has 11 nitrogen and oxygen atoms in total. The van der Waals surface area contributed by atoms with Crippen LogP contribution in [0.3, 0.4) is 0 Å². The second-order valence-electron chi connectivity index (χ2n) is 12.4. The summed E-state index contributed by atoms with van der Waals surface area (Å²) < 4.78 is 11.2. The quantitative estimate of drug-likeness (QED) is 0.117. The van der Waals surface area contributed by atoms with Gasteiger partial charge in [0.1, 0.15) is 35.0 Å². The predicted octanol–water partition coefficient (Wildman–Crippen LogP) is 3.25. The number of hydrogen-bond donors (Lipinski definition) is 6. The number of nitrogens with zero attached hydrogens (tertiary/aromatic N) is 2. The molecule has 1 saturated heterocycles. The minimum atomic E-state index is -2.05. The molecular formula is C37H43N3O8. The van der Waals surface area contributed by atoms with Gasteiger partial charge in [0.05, 0.1) is 31.3 Å². The van der Waals surface area contributed by atoms with Crippen molar-refractivity contribution < 1.29 is 39.8 Å². The van der Waals surface area contributed by atoms with Crippen molar-refractivity contribution in [2.75, 3.05) is 18.5 Å². The van der Waals surface area contributed by atoms with Crippen LogP contribution in [0.4, 0.5) is 5.82 Å². The second-order valence-corrected chi connectivity index (χ2v) is 12.4. The van der Waals surface area contributed by atoms with Gasteiger partial charge in [-0.15, -0.1) is 0 Å². The summed E-state index contributed by atoms with van der Waals surface area (Å²) in [7, 11) is 0. The van der Waals surface area contributed by atoms with E-state index in [0.717, 1.165) is 11.1 Å². The van der Waals surface area contributed by atoms with Crippen LogP contribution in [0.5, 0.6) is 0 Å². The molecule has 0 radical (unpaired) electrons. The Hall–Kier alpha value is -4.07. The molecule has 254 valence electrons. The van der Waals surface area contributed by atoms with E-state index in [9.17, 15) is 30.3 Å². The third-order valence-electron chi connectivity index (χ3n) is 9.23. The lowest BCUT2D eigenvalue weighted by molar-refractivity contribution is -0.357. The highest BCUT2D eigenvalue weighted by atomic mass is 16.7. The summed E-state index contributed by atoms with van der Waals surface area (Å²) in [4.78, 5) is 22.5. The summed E-state index contributed by atoms with van der Waals surface area (Å²) >= 11 is 0. The van der Waals surface area contributed by atoms with E-state index in [1.54, 1.807) is 12.4 Å². The Bertz CT molecular complexity index is 1610. The number of hydrogen-bond acceptors (Lipinski definition) is 11. The Balaban J connectivity index is 1.40. The van der Waals surface area contributed by atoms with Crippen molar-refractivity contribution in [2.45, 2.75) is 74.5 Å². The predicted molar refractivity (Wildman–Crippen MR) is 178 cm³/mol. The van der Waals surface area contributed by atoms with E-state index in [1.165, 1.54) is 13.8 Å². The van der Waals surface area contributed by atoms with Crippen LogP contribution in [0.2, 0.25) is 0 Å². The van der Waals surface area contributed by atoms with Gasteiger partial charge in [0.2, 0.25) is 0 Å². The molecule has 5 unspecified atom stereocenters. The fourth-order valence-electron chi connectivity index (χ4n) is 6.11. The third-order valence-corrected chi connectivity index (χ3v) is 9.23. The SMILES string of the molecule is CC1(O)C(CO)OC(OCCC(=O)Cc2ccccc2[C@H](Nc2ccccn2)[C@@H](c2ccccn2)[C@@H](O)c2ccccc2)C(O)C1(C)O. The molecule has 0 amide bonds. The highest BCUT2D eigenvalue weighted by Crippen LogP contribution is 2.43. The highest BCUT2D eigenvalue weighted by Gasteiger charge is 2.59. The number of nitrogens with one attached hydrogen (secondary N) is 1. The molecule has 0 saturated carbocycles. The van der Waals surface area contributed by atoms with E-state index in [1.807, 2.05) is 91.0 Å². The first-order valence-corrected chi connectivity index (χ1v) is 16.0. The number of pyridine rings is 2. The molecule has 3 heterocycles. The van der Waals surface area contributed by atoms with Gasteiger partial charge in [-0.1, -0.05) is 66.7 Å². The Kier molecular flexibility index (Phi) is 11.3. The van der Waals surface area contributed by atoms with Crippen LogP contribution >= 0.6 is 0 Å². The summed E-state index contributed by atoms with van der Waals surface area (Å²) in [5.74, 6) is -0.176. The lowest BCUT2D eigenvalue weighted by Gasteiger charge is -2.52. The maximum absolute atomic E-state index is 13.4. The zero-order valence-corrected chi connectivity index (χ0v) is 27.0. The smallest absolute Gasteiger partial charge is 0.186 e. The van der Waals surface area contributed by atoms with Crippen molar-refractivity contribution in [3.63, 3.8) is 0 Å². The molecule has 5 rings (SSSR count). The normalized spacial score (nSPS) is 25.9. The number of Topliss-reactive ketones (excluding diaryl/α,β-unsaturated/α-hetero) is 1. The van der Waals surface area contributed by atoms with Crippen molar-refractivity contribution in [1.29, 1.82) is 0 Å². The number of aliphatic hydroxyl groups is 5. The zero-order valence-electron chi connectivity index (χ0n) is 27.0. The van der Waals surface area contributed by atoms with Crippen LogP contribution in [-0.2, 0) is 20.7 Å². The summed E-state index contributed by atoms with van der Waals surface area (Å²) in [5.41, 5.74) is -1.12. The number of rotatable bonds is 14. The van der Waals surface area contributed by atoms with E-state index in [4.69, 9.17) is 9.47 Å². The average molecular weight is 658 g/mol. The molecule has 1 aliphatic heterocycles. The maximum atomic E-state index is 13.4. The topological polar surface area (TPSA) is 174 Å². The average Bonchev–Trinajstić information content (AvgIpc) is 3.10. The van der Waals surface area contributed by atoms with Gasteiger partial charge in [-0.05, 0) is 54.8 Å². The Labute approximate surface area is 279 Å². The van der Waals surface area contributed by atoms with Crippen LogP contribution in [0.25, 0.3) is 0 Å². The molecule has 1 fully saturated rings. The van der Waals surface area contributed by atoms with Crippen LogP contribution in [-0.4, -0.2) is 84.2 Å². The largest absolute Gasteiger partial charge is 0.394 e. The number of carbonyl (C=O) groups is 1. The van der Waals surface area contributed by atoms with E-state index in [-0.39, 0.29) is 25.2 Å². The Morgan fingerprint density at radius 2 is 1.58 bits per heavy atom. The number of aliphatic hydroxyl groups excluding tert-OH is 3. The number of carbonyl (C=O) groups excluding carboxylic acids is 1. The van der Waals surface area contributed by atoms with Gasteiger partial charge in [-0.25, -0.2) is 4.98 Å². The first kappa shape index (κ1) is 35.2. The number of ether oxygens (including phenoxy) is 2. The first-order chi connectivity index (χ1) is 23.0. The highest BCUT2D eigenvalue weighted by molar-refractivity contribution is 5.81. The molecule has 48 heavy (non-hydrogen) atoms. The molecule has 6 N–H and O–H groups in total. The van der Waals surface area contributed by atoms with Gasteiger partial charge in [-0.2, -0.15) is 0 Å². The lowest BCUT2D eigenvalue weighted by atomic mass is 9.75. The third kappa shape index (κ3) is 7.63. The minimum absolute atomic E-state index is 0.0378. The van der Waals surface area contributed by atoms with Gasteiger partial charge in [0, 0.05) is 30.9 Å². The monoisotopic (exact) mass is 657 g/mol. The molecule has 8 atom stereocenters. The van der Waals surface area contributed by atoms with Gasteiger partial charge < -0.3 is 40.3 Å². The number of ketones is 1. The standard InChI is InChI=1S/C37H43N3O8/c1-36(45)29(23-41)48-35(34(44)37(36,2)46)47-21-18-26(42)22-25-14-6-7-15-27(25)32(40-30-17-9-11-20-39-30)31(28-16-8-10-19-38-28)33(43)24-12-4-3-5-13-24/h3-17,19-20,29,31-35,41,43-46H,18,21-23H2,1-2H3,(H,39,40)/t29?,31-,32+,33+,34?,35?,36?,37?/m1/s1. The number of benzene rings is 2. The number of anilines is 1. The van der Waals surface area contributed by atoms with Gasteiger partial charge in [0.25, 0.3) is 0 Å². The van der Waals surface area contributed by atoms with E-state index < -0.39 is 54.4 Å². The van der Waals surface area contributed by atoms with Gasteiger partial charge in [0.15, 0.2) is 6.29 Å². The molecule has 0 aliphatic carbocycles. The van der Waals surface area contributed by atoms with E-state index in [0.29, 0.717) is 17.1 Å². The van der Waals surface area contributed by atoms with Crippen LogP contribution in [0.15, 0.2) is 103 Å². The fraction of sp³-hybridized carbons (Fsp3) is 0.378. The van der Waals surface area contributed by atoms with Crippen molar-refractivity contribution >= 4 is 11.6 Å². The molecule has 1 aliphatic rings. The molecule has 2 aromatic heterocycles. The van der Waals surface area contributed by atoms with Gasteiger partial charge >= 0.3 is 0 Å². The second kappa shape index (κ2) is 15.4. The summed E-state index contributed by atoms with van der Waals surface area (Å²) in [6.45, 7) is 1.75. The number of aromatic nitrogens is 2. The summed E-state index contributed by atoms with van der Waals surface area (Å²) in [6.07, 6.45) is -1.84. The van der Waals surface area contributed by atoms with Crippen LogP contribution in [0, 0.1) is 0 Å². The van der Waals surface area contributed by atoms with Crippen molar-refractivity contribution in [3.8, 4) is 0 Å². The first-order valence-electron chi connectivity index (χ1n) is 16.0. The maximum Gasteiger partial charge on any atom is 0.186 e.